The lowest BCUT2D eigenvalue weighted by molar-refractivity contribution is -0.137. The van der Waals surface area contributed by atoms with Gasteiger partial charge >= 0.3 is 12.0 Å². The molecule has 0 saturated carbocycles. The van der Waals surface area contributed by atoms with Crippen LogP contribution in [0.2, 0.25) is 0 Å². The van der Waals surface area contributed by atoms with Gasteiger partial charge in [-0.3, -0.25) is 4.79 Å². The van der Waals surface area contributed by atoms with Gasteiger partial charge in [-0.05, 0) is 5.92 Å². The fourth-order valence-electron chi connectivity index (χ4n) is 1.45. The van der Waals surface area contributed by atoms with E-state index in [1.807, 2.05) is 13.8 Å². The van der Waals surface area contributed by atoms with E-state index in [1.54, 1.807) is 0 Å². The first-order valence-electron chi connectivity index (χ1n) is 6.00. The molecule has 8 heteroatoms. The first-order valence-corrected chi connectivity index (χ1v) is 6.00. The zero-order valence-corrected chi connectivity index (χ0v) is 10.9. The minimum absolute atomic E-state index is 0.0408. The number of amides is 2. The van der Waals surface area contributed by atoms with Crippen molar-refractivity contribution < 1.29 is 19.2 Å². The monoisotopic (exact) mass is 270 g/mol. The third-order valence-corrected chi connectivity index (χ3v) is 2.56. The van der Waals surface area contributed by atoms with Crippen molar-refractivity contribution in [3.8, 4) is 0 Å². The maximum Gasteiger partial charge on any atom is 0.315 e. The molecule has 0 aliphatic heterocycles. The van der Waals surface area contributed by atoms with Crippen LogP contribution in [0.3, 0.4) is 0 Å². The number of urea groups is 1. The molecule has 0 aliphatic rings. The SMILES string of the molecule is CC(C)C(CC(=O)O)NC(=O)NCCc1ncon1. The molecule has 1 aromatic rings. The van der Waals surface area contributed by atoms with E-state index in [2.05, 4.69) is 25.3 Å². The summed E-state index contributed by atoms with van der Waals surface area (Å²) in [5, 5.41) is 17.6. The lowest BCUT2D eigenvalue weighted by Gasteiger charge is -2.20. The minimum Gasteiger partial charge on any atom is -0.481 e. The molecule has 19 heavy (non-hydrogen) atoms. The lowest BCUT2D eigenvalue weighted by Crippen LogP contribution is -2.45. The molecule has 0 fully saturated rings. The van der Waals surface area contributed by atoms with Gasteiger partial charge in [-0.25, -0.2) is 4.79 Å². The van der Waals surface area contributed by atoms with Gasteiger partial charge in [-0.1, -0.05) is 19.0 Å². The Hall–Kier alpha value is -2.12. The van der Waals surface area contributed by atoms with Crippen molar-refractivity contribution in [2.24, 2.45) is 5.92 Å². The molecule has 3 N–H and O–H groups in total. The maximum absolute atomic E-state index is 11.6. The highest BCUT2D eigenvalue weighted by Crippen LogP contribution is 2.05. The summed E-state index contributed by atoms with van der Waals surface area (Å²) in [5.74, 6) is -0.393. The number of aromatic nitrogens is 2. The highest BCUT2D eigenvalue weighted by atomic mass is 16.5. The van der Waals surface area contributed by atoms with Crippen LogP contribution in [0.4, 0.5) is 4.79 Å². The Labute approximate surface area is 110 Å². The van der Waals surface area contributed by atoms with Crippen molar-refractivity contribution >= 4 is 12.0 Å². The van der Waals surface area contributed by atoms with E-state index in [0.29, 0.717) is 18.8 Å². The third kappa shape index (κ3) is 5.84. The molecular weight excluding hydrogens is 252 g/mol. The van der Waals surface area contributed by atoms with Crippen LogP contribution in [0.5, 0.6) is 0 Å². The molecule has 106 valence electrons. The largest absolute Gasteiger partial charge is 0.481 e. The van der Waals surface area contributed by atoms with Crippen molar-refractivity contribution in [3.63, 3.8) is 0 Å². The molecule has 0 aromatic carbocycles. The smallest absolute Gasteiger partial charge is 0.315 e. The van der Waals surface area contributed by atoms with Gasteiger partial charge in [0.05, 0.1) is 6.42 Å². The van der Waals surface area contributed by atoms with Gasteiger partial charge in [-0.2, -0.15) is 4.98 Å². The van der Waals surface area contributed by atoms with Crippen molar-refractivity contribution in [1.29, 1.82) is 0 Å². The second-order valence-electron chi connectivity index (χ2n) is 4.45. The number of carbonyl (C=O) groups excluding carboxylic acids is 1. The van der Waals surface area contributed by atoms with Crippen molar-refractivity contribution in [3.05, 3.63) is 12.2 Å². The van der Waals surface area contributed by atoms with E-state index in [1.165, 1.54) is 6.39 Å². The first kappa shape index (κ1) is 14.9. The van der Waals surface area contributed by atoms with Crippen LogP contribution in [0, 0.1) is 5.92 Å². The van der Waals surface area contributed by atoms with E-state index >= 15 is 0 Å². The molecule has 0 bridgehead atoms. The van der Waals surface area contributed by atoms with Crippen molar-refractivity contribution in [1.82, 2.24) is 20.8 Å². The summed E-state index contributed by atoms with van der Waals surface area (Å²) in [6.45, 7) is 4.06. The van der Waals surface area contributed by atoms with Gasteiger partial charge in [0.1, 0.15) is 0 Å². The number of carboxylic acid groups (broad SMARTS) is 1. The molecule has 1 unspecified atom stereocenters. The normalized spacial score (nSPS) is 12.2. The van der Waals surface area contributed by atoms with Crippen molar-refractivity contribution in [2.75, 3.05) is 6.54 Å². The molecule has 0 aliphatic carbocycles. The molecule has 1 atom stereocenters. The standard InChI is InChI=1S/C11H18N4O4/c1-7(2)8(5-10(16)17)14-11(18)12-4-3-9-13-6-19-15-9/h6-8H,3-5H2,1-2H3,(H,16,17)(H2,12,14,18). The van der Waals surface area contributed by atoms with E-state index in [9.17, 15) is 9.59 Å². The molecule has 1 heterocycles. The maximum atomic E-state index is 11.6. The van der Waals surface area contributed by atoms with Gasteiger partial charge in [-0.15, -0.1) is 0 Å². The number of rotatable bonds is 7. The van der Waals surface area contributed by atoms with Gasteiger partial charge in [0.2, 0.25) is 6.39 Å². The number of carboxylic acids is 1. The topological polar surface area (TPSA) is 117 Å². The highest BCUT2D eigenvalue weighted by Gasteiger charge is 2.19. The zero-order valence-electron chi connectivity index (χ0n) is 10.9. The Bertz CT molecular complexity index is 405. The molecule has 0 spiro atoms. The number of nitrogens with one attached hydrogen (secondary N) is 2. The van der Waals surface area contributed by atoms with Gasteiger partial charge < -0.3 is 20.3 Å². The molecule has 1 aromatic heterocycles. The van der Waals surface area contributed by atoms with E-state index in [-0.39, 0.29) is 12.3 Å². The Morgan fingerprint density at radius 1 is 1.47 bits per heavy atom. The number of carbonyl (C=O) groups is 2. The molecule has 8 nitrogen and oxygen atoms in total. The average molecular weight is 270 g/mol. The summed E-state index contributed by atoms with van der Waals surface area (Å²) in [4.78, 5) is 26.1. The number of hydrogen-bond acceptors (Lipinski definition) is 5. The Morgan fingerprint density at radius 2 is 2.21 bits per heavy atom. The fraction of sp³-hybridized carbons (Fsp3) is 0.636. The molecule has 0 radical (unpaired) electrons. The Balaban J connectivity index is 2.29. The second kappa shape index (κ2) is 7.34. The van der Waals surface area contributed by atoms with Crippen LogP contribution in [0.1, 0.15) is 26.1 Å². The second-order valence-corrected chi connectivity index (χ2v) is 4.45. The van der Waals surface area contributed by atoms with Gasteiger partial charge in [0, 0.05) is 19.0 Å². The summed E-state index contributed by atoms with van der Waals surface area (Å²) in [6.07, 6.45) is 1.57. The van der Waals surface area contributed by atoms with Gasteiger partial charge in [0.15, 0.2) is 5.82 Å². The van der Waals surface area contributed by atoms with Crippen LogP contribution in [0.25, 0.3) is 0 Å². The number of aliphatic carboxylic acids is 1. The van der Waals surface area contributed by atoms with Crippen LogP contribution >= 0.6 is 0 Å². The Kier molecular flexibility index (Phi) is 5.77. The summed E-state index contributed by atoms with van der Waals surface area (Å²) < 4.78 is 4.56. The Morgan fingerprint density at radius 3 is 2.74 bits per heavy atom. The van der Waals surface area contributed by atoms with Crippen LogP contribution in [-0.2, 0) is 11.2 Å². The van der Waals surface area contributed by atoms with E-state index < -0.39 is 18.0 Å². The minimum atomic E-state index is -0.939. The predicted octanol–water partition coefficient (Wildman–Crippen LogP) is 0.411. The summed E-state index contributed by atoms with van der Waals surface area (Å²) in [7, 11) is 0. The van der Waals surface area contributed by atoms with Crippen molar-refractivity contribution in [2.45, 2.75) is 32.7 Å². The van der Waals surface area contributed by atoms with Gasteiger partial charge in [0.25, 0.3) is 0 Å². The zero-order chi connectivity index (χ0) is 14.3. The number of hydrogen-bond donors (Lipinski definition) is 3. The van der Waals surface area contributed by atoms with Crippen LogP contribution < -0.4 is 10.6 Å². The predicted molar refractivity (Wildman–Crippen MR) is 65.4 cm³/mol. The van der Waals surface area contributed by atoms with Crippen LogP contribution in [0.15, 0.2) is 10.9 Å². The average Bonchev–Trinajstić information content (AvgIpc) is 2.80. The highest BCUT2D eigenvalue weighted by molar-refractivity contribution is 5.75. The number of nitrogens with zero attached hydrogens (tertiary/aromatic N) is 2. The first-order chi connectivity index (χ1) is 8.99. The summed E-state index contributed by atoms with van der Waals surface area (Å²) >= 11 is 0. The molecule has 0 saturated heterocycles. The van der Waals surface area contributed by atoms with E-state index in [4.69, 9.17) is 5.11 Å². The summed E-state index contributed by atoms with van der Waals surface area (Å²) in [5.41, 5.74) is 0. The lowest BCUT2D eigenvalue weighted by atomic mass is 10.0. The van der Waals surface area contributed by atoms with E-state index in [0.717, 1.165) is 0 Å². The molecular formula is C11H18N4O4. The molecule has 1 rings (SSSR count). The van der Waals surface area contributed by atoms with Crippen LogP contribution in [-0.4, -0.2) is 39.8 Å². The fourth-order valence-corrected chi connectivity index (χ4v) is 1.45. The summed E-state index contributed by atoms with van der Waals surface area (Å²) in [6, 6.07) is -0.800. The molecule has 2 amide bonds. The quantitative estimate of drug-likeness (QED) is 0.660. The third-order valence-electron chi connectivity index (χ3n) is 2.56.